The highest BCUT2D eigenvalue weighted by Gasteiger charge is 2.11. The van der Waals surface area contributed by atoms with Crippen LogP contribution >= 0.6 is 11.6 Å². The molecule has 0 bridgehead atoms. The van der Waals surface area contributed by atoms with Gasteiger partial charge in [0, 0.05) is 31.0 Å². The van der Waals surface area contributed by atoms with Crippen LogP contribution in [0, 0.1) is 6.92 Å². The molecule has 5 heteroatoms. The van der Waals surface area contributed by atoms with E-state index in [1.165, 1.54) is 35.4 Å². The number of pyridine rings is 1. The normalized spacial score (nSPS) is 15.3. The van der Waals surface area contributed by atoms with Crippen LogP contribution in [-0.2, 0) is 0 Å². The molecule has 3 heterocycles. The van der Waals surface area contributed by atoms with E-state index in [1.807, 2.05) is 25.1 Å². The molecule has 0 aliphatic carbocycles. The maximum absolute atomic E-state index is 12.4. The highest BCUT2D eigenvalue weighted by molar-refractivity contribution is 6.51. The zero-order chi connectivity index (χ0) is 18.8. The van der Waals surface area contributed by atoms with Crippen molar-refractivity contribution in [3.63, 3.8) is 0 Å². The Balaban J connectivity index is 1.63. The van der Waals surface area contributed by atoms with Crippen LogP contribution in [0.1, 0.15) is 36.1 Å². The van der Waals surface area contributed by atoms with Gasteiger partial charge in [0.1, 0.15) is 5.65 Å². The molecular formula is C22H22ClN3O. The number of benzene rings is 1. The Kier molecular flexibility index (Phi) is 4.99. The number of rotatable bonds is 3. The summed E-state index contributed by atoms with van der Waals surface area (Å²) < 4.78 is 1.54. The van der Waals surface area contributed by atoms with Crippen LogP contribution in [0.3, 0.4) is 0 Å². The summed E-state index contributed by atoms with van der Waals surface area (Å²) >= 11 is 6.49. The summed E-state index contributed by atoms with van der Waals surface area (Å²) in [5.74, 6) is 0. The minimum absolute atomic E-state index is 0.134. The van der Waals surface area contributed by atoms with Crippen molar-refractivity contribution in [2.75, 3.05) is 18.0 Å². The zero-order valence-electron chi connectivity index (χ0n) is 15.4. The summed E-state index contributed by atoms with van der Waals surface area (Å²) in [4.78, 5) is 19.4. The molecule has 0 N–H and O–H groups in total. The van der Waals surface area contributed by atoms with Gasteiger partial charge in [0.2, 0.25) is 0 Å². The quantitative estimate of drug-likeness (QED) is 0.660. The minimum atomic E-state index is -0.134. The average Bonchev–Trinajstić information content (AvgIpc) is 2.70. The molecule has 2 aromatic heterocycles. The number of fused-ring (bicyclic) bond motifs is 1. The first-order valence-corrected chi connectivity index (χ1v) is 9.71. The van der Waals surface area contributed by atoms with Crippen LogP contribution in [0.15, 0.2) is 53.5 Å². The van der Waals surface area contributed by atoms with Crippen molar-refractivity contribution in [3.05, 3.63) is 75.8 Å². The van der Waals surface area contributed by atoms with Crippen molar-refractivity contribution in [2.45, 2.75) is 26.2 Å². The maximum Gasteiger partial charge on any atom is 0.258 e. The van der Waals surface area contributed by atoms with Gasteiger partial charge in [-0.15, -0.1) is 0 Å². The monoisotopic (exact) mass is 379 g/mol. The van der Waals surface area contributed by atoms with E-state index in [0.717, 1.165) is 24.2 Å². The largest absolute Gasteiger partial charge is 0.372 e. The molecule has 3 aromatic rings. The molecule has 1 saturated heterocycles. The Hall–Kier alpha value is -2.59. The van der Waals surface area contributed by atoms with Crippen LogP contribution in [0.25, 0.3) is 16.8 Å². The molecule has 0 unspecified atom stereocenters. The maximum atomic E-state index is 12.4. The van der Waals surface area contributed by atoms with E-state index in [1.54, 1.807) is 6.20 Å². The molecule has 4 rings (SSSR count). The first-order chi connectivity index (χ1) is 13.1. The van der Waals surface area contributed by atoms with E-state index in [2.05, 4.69) is 34.1 Å². The SMILES string of the molecule is Cc1cccn2c(=O)cc(/C(Cl)=C/c3ccc(N4CCCCC4)cc3)nc12. The first-order valence-electron chi connectivity index (χ1n) is 9.33. The fraction of sp³-hybridized carbons (Fsp3) is 0.273. The molecule has 0 radical (unpaired) electrons. The molecule has 1 aromatic carbocycles. The minimum Gasteiger partial charge on any atom is -0.372 e. The number of aryl methyl sites for hydroxylation is 1. The second kappa shape index (κ2) is 7.57. The average molecular weight is 380 g/mol. The van der Waals surface area contributed by atoms with Crippen molar-refractivity contribution < 1.29 is 0 Å². The van der Waals surface area contributed by atoms with E-state index in [-0.39, 0.29) is 5.56 Å². The van der Waals surface area contributed by atoms with Gasteiger partial charge in [-0.05, 0) is 61.6 Å². The second-order valence-electron chi connectivity index (χ2n) is 7.00. The summed E-state index contributed by atoms with van der Waals surface area (Å²) in [6.07, 6.45) is 7.42. The van der Waals surface area contributed by atoms with E-state index in [4.69, 9.17) is 11.6 Å². The van der Waals surface area contributed by atoms with Crippen LogP contribution in [0.2, 0.25) is 0 Å². The zero-order valence-corrected chi connectivity index (χ0v) is 16.1. The summed E-state index contributed by atoms with van der Waals surface area (Å²) in [7, 11) is 0. The van der Waals surface area contributed by atoms with Crippen molar-refractivity contribution in [1.82, 2.24) is 9.38 Å². The van der Waals surface area contributed by atoms with Crippen LogP contribution in [0.4, 0.5) is 5.69 Å². The van der Waals surface area contributed by atoms with Gasteiger partial charge in [-0.25, -0.2) is 4.98 Å². The smallest absolute Gasteiger partial charge is 0.258 e. The molecule has 1 aliphatic heterocycles. The van der Waals surface area contributed by atoms with Gasteiger partial charge in [0.25, 0.3) is 5.56 Å². The fourth-order valence-corrected chi connectivity index (χ4v) is 3.76. The molecule has 1 aliphatic rings. The van der Waals surface area contributed by atoms with Crippen molar-refractivity contribution >= 4 is 34.0 Å². The molecule has 0 atom stereocenters. The van der Waals surface area contributed by atoms with Crippen molar-refractivity contribution in [1.29, 1.82) is 0 Å². The third-order valence-corrected chi connectivity index (χ3v) is 5.34. The lowest BCUT2D eigenvalue weighted by Gasteiger charge is -2.28. The lowest BCUT2D eigenvalue weighted by molar-refractivity contribution is 0.578. The molecule has 0 amide bonds. The van der Waals surface area contributed by atoms with Gasteiger partial charge >= 0.3 is 0 Å². The predicted octanol–water partition coefficient (Wildman–Crippen LogP) is 4.73. The van der Waals surface area contributed by atoms with E-state index in [9.17, 15) is 4.79 Å². The molecular weight excluding hydrogens is 358 g/mol. The predicted molar refractivity (Wildman–Crippen MR) is 112 cm³/mol. The lowest BCUT2D eigenvalue weighted by Crippen LogP contribution is -2.29. The van der Waals surface area contributed by atoms with Crippen LogP contribution in [-0.4, -0.2) is 22.5 Å². The Morgan fingerprint density at radius 3 is 2.59 bits per heavy atom. The van der Waals surface area contributed by atoms with E-state index >= 15 is 0 Å². The molecule has 138 valence electrons. The Morgan fingerprint density at radius 2 is 1.85 bits per heavy atom. The summed E-state index contributed by atoms with van der Waals surface area (Å²) in [5, 5.41) is 0.462. The topological polar surface area (TPSA) is 37.6 Å². The summed E-state index contributed by atoms with van der Waals surface area (Å²) in [6.45, 7) is 4.18. The Morgan fingerprint density at radius 1 is 1.11 bits per heavy atom. The third-order valence-electron chi connectivity index (χ3n) is 5.04. The molecule has 0 saturated carbocycles. The number of aromatic nitrogens is 2. The molecule has 27 heavy (non-hydrogen) atoms. The van der Waals surface area contributed by atoms with Gasteiger partial charge in [0.15, 0.2) is 0 Å². The lowest BCUT2D eigenvalue weighted by atomic mass is 10.1. The number of hydrogen-bond donors (Lipinski definition) is 0. The van der Waals surface area contributed by atoms with Gasteiger partial charge in [-0.2, -0.15) is 0 Å². The Bertz CT molecular complexity index is 1050. The van der Waals surface area contributed by atoms with Crippen molar-refractivity contribution in [2.24, 2.45) is 0 Å². The van der Waals surface area contributed by atoms with E-state index < -0.39 is 0 Å². The first kappa shape index (κ1) is 17.8. The highest BCUT2D eigenvalue weighted by Crippen LogP contribution is 2.24. The summed E-state index contributed by atoms with van der Waals surface area (Å²) in [6, 6.07) is 13.6. The fourth-order valence-electron chi connectivity index (χ4n) is 3.54. The van der Waals surface area contributed by atoms with Crippen LogP contribution < -0.4 is 10.5 Å². The number of piperidine rings is 1. The highest BCUT2D eigenvalue weighted by atomic mass is 35.5. The van der Waals surface area contributed by atoms with Crippen molar-refractivity contribution in [3.8, 4) is 0 Å². The van der Waals surface area contributed by atoms with Gasteiger partial charge in [0.05, 0.1) is 10.7 Å². The van der Waals surface area contributed by atoms with Gasteiger partial charge in [-0.1, -0.05) is 29.8 Å². The van der Waals surface area contributed by atoms with Crippen LogP contribution in [0.5, 0.6) is 0 Å². The second-order valence-corrected chi connectivity index (χ2v) is 7.40. The van der Waals surface area contributed by atoms with Gasteiger partial charge in [-0.3, -0.25) is 9.20 Å². The number of anilines is 1. The Labute approximate surface area is 163 Å². The number of hydrogen-bond acceptors (Lipinski definition) is 3. The standard InChI is InChI=1S/C22H22ClN3O/c1-16-6-5-13-26-21(27)15-20(24-22(16)26)19(23)14-17-7-9-18(10-8-17)25-11-3-2-4-12-25/h5-10,13-15H,2-4,11-12H2,1H3/b19-14-. The van der Waals surface area contributed by atoms with Gasteiger partial charge < -0.3 is 4.90 Å². The number of nitrogens with zero attached hydrogens (tertiary/aromatic N) is 3. The molecule has 0 spiro atoms. The molecule has 4 nitrogen and oxygen atoms in total. The summed E-state index contributed by atoms with van der Waals surface area (Å²) in [5.41, 5.74) is 4.17. The molecule has 1 fully saturated rings. The third kappa shape index (κ3) is 3.76. The van der Waals surface area contributed by atoms with E-state index in [0.29, 0.717) is 16.4 Å². The number of halogens is 1.